The molecule has 0 bridgehead atoms. The number of aryl methyl sites for hydroxylation is 2. The van der Waals surface area contributed by atoms with Crippen LogP contribution in [0.4, 0.5) is 0 Å². The van der Waals surface area contributed by atoms with Gasteiger partial charge in [0.05, 0.1) is 23.4 Å². The van der Waals surface area contributed by atoms with Gasteiger partial charge in [0.15, 0.2) is 0 Å². The lowest BCUT2D eigenvalue weighted by Gasteiger charge is -2.33. The van der Waals surface area contributed by atoms with E-state index in [0.717, 1.165) is 33.8 Å². The van der Waals surface area contributed by atoms with Crippen LogP contribution in [0.15, 0.2) is 36.9 Å². The van der Waals surface area contributed by atoms with Gasteiger partial charge >= 0.3 is 5.97 Å². The maximum atomic E-state index is 11.8. The first-order valence-corrected chi connectivity index (χ1v) is 8.61. The van der Waals surface area contributed by atoms with Crippen LogP contribution >= 0.6 is 0 Å². The highest BCUT2D eigenvalue weighted by Gasteiger charge is 2.33. The second-order valence-electron chi connectivity index (χ2n) is 6.83. The first-order valence-electron chi connectivity index (χ1n) is 8.61. The van der Waals surface area contributed by atoms with E-state index in [1.165, 1.54) is 0 Å². The summed E-state index contributed by atoms with van der Waals surface area (Å²) >= 11 is 0. The van der Waals surface area contributed by atoms with E-state index < -0.39 is 12.0 Å². The SMILES string of the molecule is Cc1cc(C)c(-n2cccn2)c(CN2Cc3[nH]cnc3C[C@H]2C(=O)O)c1. The molecule has 0 fully saturated rings. The summed E-state index contributed by atoms with van der Waals surface area (Å²) in [5, 5.41) is 14.1. The Kier molecular flexibility index (Phi) is 4.08. The third-order valence-electron chi connectivity index (χ3n) is 4.91. The van der Waals surface area contributed by atoms with E-state index in [0.29, 0.717) is 19.5 Å². The van der Waals surface area contributed by atoms with Gasteiger partial charge in [0.2, 0.25) is 0 Å². The van der Waals surface area contributed by atoms with Crippen molar-refractivity contribution in [2.24, 2.45) is 0 Å². The van der Waals surface area contributed by atoms with E-state index in [9.17, 15) is 9.90 Å². The lowest BCUT2D eigenvalue weighted by molar-refractivity contribution is -0.144. The first kappa shape index (κ1) is 16.5. The minimum Gasteiger partial charge on any atom is -0.480 e. The minimum absolute atomic E-state index is 0.413. The van der Waals surface area contributed by atoms with Crippen LogP contribution in [0, 0.1) is 13.8 Å². The molecule has 1 aliphatic heterocycles. The first-order chi connectivity index (χ1) is 12.5. The number of aromatic nitrogens is 4. The Morgan fingerprint density at radius 2 is 2.23 bits per heavy atom. The van der Waals surface area contributed by atoms with Gasteiger partial charge in [-0.2, -0.15) is 5.10 Å². The monoisotopic (exact) mass is 351 g/mol. The Morgan fingerprint density at radius 1 is 1.38 bits per heavy atom. The summed E-state index contributed by atoms with van der Waals surface area (Å²) in [7, 11) is 0. The molecular formula is C19H21N5O2. The summed E-state index contributed by atoms with van der Waals surface area (Å²) in [4.78, 5) is 21.2. The molecule has 2 aromatic heterocycles. The maximum absolute atomic E-state index is 11.8. The number of fused-ring (bicyclic) bond motifs is 1. The van der Waals surface area contributed by atoms with Crippen molar-refractivity contribution in [1.29, 1.82) is 0 Å². The summed E-state index contributed by atoms with van der Waals surface area (Å²) in [5.41, 5.74) is 6.20. The van der Waals surface area contributed by atoms with Crippen LogP contribution in [-0.2, 0) is 24.3 Å². The molecule has 134 valence electrons. The molecule has 0 aliphatic carbocycles. The van der Waals surface area contributed by atoms with Crippen molar-refractivity contribution in [3.05, 3.63) is 65.0 Å². The fourth-order valence-corrected chi connectivity index (χ4v) is 3.81. The van der Waals surface area contributed by atoms with Crippen molar-refractivity contribution in [2.75, 3.05) is 0 Å². The second kappa shape index (κ2) is 6.42. The number of carboxylic acid groups (broad SMARTS) is 1. The fourth-order valence-electron chi connectivity index (χ4n) is 3.81. The van der Waals surface area contributed by atoms with Crippen LogP contribution in [0.2, 0.25) is 0 Å². The van der Waals surface area contributed by atoms with E-state index in [1.54, 1.807) is 12.5 Å². The predicted molar refractivity (Wildman–Crippen MR) is 96.0 cm³/mol. The smallest absolute Gasteiger partial charge is 0.321 e. The van der Waals surface area contributed by atoms with Crippen molar-refractivity contribution in [2.45, 2.75) is 39.4 Å². The predicted octanol–water partition coefficient (Wildman–Crippen LogP) is 2.22. The quantitative estimate of drug-likeness (QED) is 0.753. The average molecular weight is 351 g/mol. The summed E-state index contributed by atoms with van der Waals surface area (Å²) in [6, 6.07) is 5.54. The topological polar surface area (TPSA) is 87.0 Å². The van der Waals surface area contributed by atoms with Gasteiger partial charge in [-0.15, -0.1) is 0 Å². The molecule has 7 nitrogen and oxygen atoms in total. The number of hydrogen-bond acceptors (Lipinski definition) is 4. The number of imidazole rings is 1. The molecule has 1 aliphatic rings. The second-order valence-corrected chi connectivity index (χ2v) is 6.83. The van der Waals surface area contributed by atoms with Gasteiger partial charge in [-0.1, -0.05) is 17.7 Å². The van der Waals surface area contributed by atoms with Crippen molar-refractivity contribution in [3.63, 3.8) is 0 Å². The van der Waals surface area contributed by atoms with Crippen molar-refractivity contribution in [1.82, 2.24) is 24.6 Å². The van der Waals surface area contributed by atoms with Gasteiger partial charge in [0.1, 0.15) is 6.04 Å². The number of rotatable bonds is 4. The molecule has 1 atom stereocenters. The molecule has 0 spiro atoms. The molecular weight excluding hydrogens is 330 g/mol. The van der Waals surface area contributed by atoms with Crippen LogP contribution in [0.25, 0.3) is 5.69 Å². The van der Waals surface area contributed by atoms with Gasteiger partial charge in [0.25, 0.3) is 0 Å². The fraction of sp³-hybridized carbons (Fsp3) is 0.316. The number of nitrogens with one attached hydrogen (secondary N) is 1. The molecule has 26 heavy (non-hydrogen) atoms. The van der Waals surface area contributed by atoms with Gasteiger partial charge in [-0.25, -0.2) is 9.67 Å². The highest BCUT2D eigenvalue weighted by atomic mass is 16.4. The van der Waals surface area contributed by atoms with E-state index in [-0.39, 0.29) is 0 Å². The Balaban J connectivity index is 1.73. The molecule has 3 aromatic rings. The Hall–Kier alpha value is -2.93. The maximum Gasteiger partial charge on any atom is 0.321 e. The molecule has 0 saturated heterocycles. The summed E-state index contributed by atoms with van der Waals surface area (Å²) in [5.74, 6) is -0.816. The number of benzene rings is 1. The number of hydrogen-bond donors (Lipinski definition) is 2. The van der Waals surface area contributed by atoms with E-state index in [2.05, 4.69) is 41.0 Å². The number of aliphatic carboxylic acids is 1. The van der Waals surface area contributed by atoms with Crippen LogP contribution in [0.3, 0.4) is 0 Å². The van der Waals surface area contributed by atoms with Crippen LogP contribution in [0.1, 0.15) is 28.1 Å². The summed E-state index contributed by atoms with van der Waals surface area (Å²) < 4.78 is 1.85. The highest BCUT2D eigenvalue weighted by Crippen LogP contribution is 2.27. The van der Waals surface area contributed by atoms with Crippen LogP contribution in [0.5, 0.6) is 0 Å². The van der Waals surface area contributed by atoms with Crippen molar-refractivity contribution in [3.8, 4) is 5.69 Å². The largest absolute Gasteiger partial charge is 0.480 e. The minimum atomic E-state index is -0.816. The lowest BCUT2D eigenvalue weighted by atomic mass is 9.99. The molecule has 0 unspecified atom stereocenters. The lowest BCUT2D eigenvalue weighted by Crippen LogP contribution is -2.45. The van der Waals surface area contributed by atoms with Gasteiger partial charge < -0.3 is 10.1 Å². The van der Waals surface area contributed by atoms with Gasteiger partial charge in [0, 0.05) is 31.9 Å². The van der Waals surface area contributed by atoms with Gasteiger partial charge in [-0.05, 0) is 31.0 Å². The average Bonchev–Trinajstić information content (AvgIpc) is 3.24. The van der Waals surface area contributed by atoms with Crippen molar-refractivity contribution < 1.29 is 9.90 Å². The van der Waals surface area contributed by atoms with Gasteiger partial charge in [-0.3, -0.25) is 9.69 Å². The zero-order chi connectivity index (χ0) is 18.3. The van der Waals surface area contributed by atoms with E-state index in [1.807, 2.05) is 21.8 Å². The molecule has 3 heterocycles. The van der Waals surface area contributed by atoms with Crippen molar-refractivity contribution >= 4 is 5.97 Å². The standard InChI is InChI=1S/C19H21N5O2/c1-12-6-13(2)18(24-5-3-4-22-24)14(7-12)9-23-10-16-15(20-11-21-16)8-17(23)19(25)26/h3-7,11,17H,8-10H2,1-2H3,(H,20,21)(H,25,26)/t17-/m0/s1. The Morgan fingerprint density at radius 3 is 2.96 bits per heavy atom. The number of carbonyl (C=O) groups is 1. The Bertz CT molecular complexity index is 945. The van der Waals surface area contributed by atoms with E-state index in [4.69, 9.17) is 0 Å². The molecule has 0 radical (unpaired) electrons. The third kappa shape index (κ3) is 2.90. The van der Waals surface area contributed by atoms with E-state index >= 15 is 0 Å². The molecule has 2 N–H and O–H groups in total. The third-order valence-corrected chi connectivity index (χ3v) is 4.91. The zero-order valence-electron chi connectivity index (χ0n) is 14.8. The van der Waals surface area contributed by atoms with Crippen LogP contribution < -0.4 is 0 Å². The summed E-state index contributed by atoms with van der Waals surface area (Å²) in [6.45, 7) is 5.19. The molecule has 7 heteroatoms. The normalized spacial score (nSPS) is 17.2. The van der Waals surface area contributed by atoms with Crippen LogP contribution in [-0.4, -0.2) is 41.8 Å². The highest BCUT2D eigenvalue weighted by molar-refractivity contribution is 5.74. The molecule has 0 saturated carbocycles. The zero-order valence-corrected chi connectivity index (χ0v) is 14.8. The summed E-state index contributed by atoms with van der Waals surface area (Å²) in [6.07, 6.45) is 5.72. The number of carboxylic acids is 1. The number of aromatic amines is 1. The number of nitrogens with zero attached hydrogens (tertiary/aromatic N) is 4. The Labute approximate surface area is 151 Å². The molecule has 1 aromatic carbocycles. The number of H-pyrrole nitrogens is 1. The molecule has 4 rings (SSSR count). The molecule has 0 amide bonds.